The molecular weight excluding hydrogens is 204 g/mol. The zero-order valence-electron chi connectivity index (χ0n) is 10.9. The molecule has 16 heavy (non-hydrogen) atoms. The van der Waals surface area contributed by atoms with Crippen LogP contribution in [0.25, 0.3) is 0 Å². The summed E-state index contributed by atoms with van der Waals surface area (Å²) in [5.74, 6) is 0.224. The standard InChI is InChI=1S/C12H23N2O2/c1-8(2)6-10(7-15)14(5)12(16)11(13)9(3)4/h8-11H,6,13H2,1-5H3/t10-,11-/m0/s1. The number of nitrogens with zero attached hydrogens (tertiary/aromatic N) is 1. The molecule has 2 atom stereocenters. The molecule has 4 heteroatoms. The first kappa shape index (κ1) is 15.1. The third-order valence-electron chi connectivity index (χ3n) is 2.65. The molecule has 0 spiro atoms. The second-order valence-electron chi connectivity index (χ2n) is 4.98. The van der Waals surface area contributed by atoms with E-state index in [2.05, 4.69) is 0 Å². The van der Waals surface area contributed by atoms with Crippen molar-refractivity contribution in [2.24, 2.45) is 17.6 Å². The Morgan fingerprint density at radius 1 is 1.31 bits per heavy atom. The van der Waals surface area contributed by atoms with Crippen molar-refractivity contribution in [3.05, 3.63) is 0 Å². The lowest BCUT2D eigenvalue weighted by molar-refractivity contribution is -0.133. The van der Waals surface area contributed by atoms with E-state index < -0.39 is 12.1 Å². The molecule has 1 amide bonds. The van der Waals surface area contributed by atoms with Crippen LogP contribution in [0.15, 0.2) is 0 Å². The molecule has 0 heterocycles. The van der Waals surface area contributed by atoms with Crippen molar-refractivity contribution in [1.82, 2.24) is 4.90 Å². The van der Waals surface area contributed by atoms with Gasteiger partial charge in [-0.1, -0.05) is 27.7 Å². The fourth-order valence-electron chi connectivity index (χ4n) is 1.41. The van der Waals surface area contributed by atoms with Crippen molar-refractivity contribution in [1.29, 1.82) is 0 Å². The first-order valence-electron chi connectivity index (χ1n) is 5.71. The number of hydrogen-bond donors (Lipinski definition) is 1. The van der Waals surface area contributed by atoms with Crippen molar-refractivity contribution in [2.45, 2.75) is 46.2 Å². The second-order valence-corrected chi connectivity index (χ2v) is 4.98. The molecule has 0 saturated heterocycles. The maximum Gasteiger partial charge on any atom is 0.240 e. The van der Waals surface area contributed by atoms with E-state index >= 15 is 0 Å². The fraction of sp³-hybridized carbons (Fsp3) is 0.833. The fourth-order valence-corrected chi connectivity index (χ4v) is 1.41. The zero-order valence-corrected chi connectivity index (χ0v) is 10.9. The maximum atomic E-state index is 11.9. The Labute approximate surface area is 98.2 Å². The van der Waals surface area contributed by atoms with Crippen LogP contribution >= 0.6 is 0 Å². The zero-order chi connectivity index (χ0) is 12.9. The molecule has 93 valence electrons. The second kappa shape index (κ2) is 6.63. The number of hydrogen-bond acceptors (Lipinski definition) is 3. The molecule has 0 bridgehead atoms. The third-order valence-corrected chi connectivity index (χ3v) is 2.65. The predicted molar refractivity (Wildman–Crippen MR) is 64.5 cm³/mol. The van der Waals surface area contributed by atoms with Gasteiger partial charge < -0.3 is 10.6 Å². The maximum absolute atomic E-state index is 11.9. The molecule has 0 aromatic carbocycles. The molecule has 0 aliphatic rings. The quantitative estimate of drug-likeness (QED) is 0.735. The van der Waals surface area contributed by atoms with Crippen LogP contribution in [0, 0.1) is 11.8 Å². The first-order valence-corrected chi connectivity index (χ1v) is 5.71. The van der Waals surface area contributed by atoms with Gasteiger partial charge >= 0.3 is 0 Å². The van der Waals surface area contributed by atoms with Crippen molar-refractivity contribution >= 4 is 12.2 Å². The van der Waals surface area contributed by atoms with E-state index in [4.69, 9.17) is 5.73 Å². The molecule has 0 saturated carbocycles. The van der Waals surface area contributed by atoms with Crippen molar-refractivity contribution in [3.8, 4) is 0 Å². The Morgan fingerprint density at radius 3 is 2.12 bits per heavy atom. The molecule has 0 aromatic heterocycles. The van der Waals surface area contributed by atoms with E-state index in [1.54, 1.807) is 7.05 Å². The van der Waals surface area contributed by atoms with Gasteiger partial charge in [0.1, 0.15) is 0 Å². The molecular formula is C12H23N2O2. The lowest BCUT2D eigenvalue weighted by Gasteiger charge is -2.28. The monoisotopic (exact) mass is 227 g/mol. The molecule has 0 aliphatic heterocycles. The van der Waals surface area contributed by atoms with E-state index in [0.29, 0.717) is 12.3 Å². The minimum Gasteiger partial charge on any atom is -0.334 e. The van der Waals surface area contributed by atoms with E-state index in [9.17, 15) is 9.59 Å². The van der Waals surface area contributed by atoms with Gasteiger partial charge in [-0.05, 0) is 18.3 Å². The topological polar surface area (TPSA) is 63.4 Å². The smallest absolute Gasteiger partial charge is 0.240 e. The number of amides is 1. The van der Waals surface area contributed by atoms with E-state index in [1.165, 1.54) is 4.90 Å². The Bertz CT molecular complexity index is 239. The van der Waals surface area contributed by atoms with E-state index in [0.717, 1.165) is 0 Å². The van der Waals surface area contributed by atoms with Crippen LogP contribution in [0.4, 0.5) is 0 Å². The largest absolute Gasteiger partial charge is 0.334 e. The van der Waals surface area contributed by atoms with Gasteiger partial charge in [-0.15, -0.1) is 0 Å². The molecule has 1 radical (unpaired) electrons. The summed E-state index contributed by atoms with van der Waals surface area (Å²) in [6.07, 6.45) is 2.53. The highest BCUT2D eigenvalue weighted by molar-refractivity contribution is 5.84. The van der Waals surface area contributed by atoms with Gasteiger partial charge in [0.2, 0.25) is 12.2 Å². The molecule has 2 N–H and O–H groups in total. The average Bonchev–Trinajstić information content (AvgIpc) is 2.22. The number of likely N-dealkylation sites (N-methyl/N-ethyl adjacent to an activating group) is 1. The highest BCUT2D eigenvalue weighted by atomic mass is 16.2. The molecule has 0 unspecified atom stereocenters. The summed E-state index contributed by atoms with van der Waals surface area (Å²) in [5, 5.41) is 0. The van der Waals surface area contributed by atoms with Gasteiger partial charge in [0.05, 0.1) is 12.1 Å². The van der Waals surface area contributed by atoms with Crippen LogP contribution in [0.5, 0.6) is 0 Å². The van der Waals surface area contributed by atoms with Gasteiger partial charge in [-0.3, -0.25) is 9.59 Å². The van der Waals surface area contributed by atoms with E-state index in [-0.39, 0.29) is 11.8 Å². The van der Waals surface area contributed by atoms with Gasteiger partial charge in [0.25, 0.3) is 0 Å². The van der Waals surface area contributed by atoms with Gasteiger partial charge in [-0.2, -0.15) is 0 Å². The molecule has 0 fully saturated rings. The molecule has 4 nitrogen and oxygen atoms in total. The normalized spacial score (nSPS) is 15.0. The summed E-state index contributed by atoms with van der Waals surface area (Å²) < 4.78 is 0. The highest BCUT2D eigenvalue weighted by Gasteiger charge is 2.26. The van der Waals surface area contributed by atoms with Gasteiger partial charge in [0.15, 0.2) is 0 Å². The number of nitrogens with two attached hydrogens (primary N) is 1. The molecule has 0 aromatic rings. The summed E-state index contributed by atoms with van der Waals surface area (Å²) in [6, 6.07) is -1.04. The van der Waals surface area contributed by atoms with Crippen LogP contribution in [0.3, 0.4) is 0 Å². The summed E-state index contributed by atoms with van der Waals surface area (Å²) >= 11 is 0. The predicted octanol–water partition coefficient (Wildman–Crippen LogP) is 0.952. The van der Waals surface area contributed by atoms with Gasteiger partial charge in [0, 0.05) is 7.05 Å². The summed E-state index contributed by atoms with van der Waals surface area (Å²) in [6.45, 7) is 7.78. The Morgan fingerprint density at radius 2 is 1.81 bits per heavy atom. The van der Waals surface area contributed by atoms with Crippen molar-refractivity contribution in [3.63, 3.8) is 0 Å². The summed E-state index contributed by atoms with van der Waals surface area (Å²) in [7, 11) is 1.61. The molecule has 0 rings (SSSR count). The van der Waals surface area contributed by atoms with E-state index in [1.807, 2.05) is 34.0 Å². The lowest BCUT2D eigenvalue weighted by Crippen LogP contribution is -2.49. The highest BCUT2D eigenvalue weighted by Crippen LogP contribution is 2.11. The van der Waals surface area contributed by atoms with Crippen LogP contribution in [-0.4, -0.2) is 36.2 Å². The average molecular weight is 227 g/mol. The minimum absolute atomic E-state index is 0.0707. The van der Waals surface area contributed by atoms with Crippen LogP contribution in [0.2, 0.25) is 0 Å². The summed E-state index contributed by atoms with van der Waals surface area (Å²) in [4.78, 5) is 24.1. The number of carbonyl (C=O) groups is 1. The van der Waals surface area contributed by atoms with Crippen molar-refractivity contribution < 1.29 is 9.59 Å². The lowest BCUT2D eigenvalue weighted by atomic mass is 10.0. The van der Waals surface area contributed by atoms with Crippen LogP contribution in [-0.2, 0) is 9.59 Å². The Balaban J connectivity index is 4.55. The summed E-state index contributed by atoms with van der Waals surface area (Å²) in [5.41, 5.74) is 5.76. The molecule has 0 aliphatic carbocycles. The van der Waals surface area contributed by atoms with Crippen LogP contribution < -0.4 is 5.73 Å². The first-order chi connectivity index (χ1) is 7.31. The van der Waals surface area contributed by atoms with Crippen molar-refractivity contribution in [2.75, 3.05) is 7.05 Å². The SMILES string of the molecule is CC(C)C[C@@H]([C]=O)N(C)C(=O)[C@@H](N)C(C)C. The van der Waals surface area contributed by atoms with Crippen LogP contribution in [0.1, 0.15) is 34.1 Å². The van der Waals surface area contributed by atoms with Gasteiger partial charge in [-0.25, -0.2) is 0 Å². The minimum atomic E-state index is -0.548. The Hall–Kier alpha value is -0.900. The Kier molecular flexibility index (Phi) is 6.26. The number of rotatable bonds is 6. The third kappa shape index (κ3) is 4.31. The number of carbonyl (C=O) groups excluding carboxylic acids is 2.